The maximum absolute atomic E-state index is 12.3. The number of nitrogen functional groups attached to an aromatic ring is 1. The number of aliphatic hydroxyl groups is 1. The van der Waals surface area contributed by atoms with Crippen LogP contribution in [-0.4, -0.2) is 60.4 Å². The van der Waals surface area contributed by atoms with E-state index >= 15 is 0 Å². The second-order valence-corrected chi connectivity index (χ2v) is 6.76. The fourth-order valence-corrected chi connectivity index (χ4v) is 3.32. The summed E-state index contributed by atoms with van der Waals surface area (Å²) in [5.41, 5.74) is 4.47. The molecule has 1 fully saturated rings. The van der Waals surface area contributed by atoms with Gasteiger partial charge in [0, 0.05) is 39.6 Å². The zero-order valence-corrected chi connectivity index (χ0v) is 11.5. The molecule has 0 aliphatic carbocycles. The average Bonchev–Trinajstić information content (AvgIpc) is 2.76. The van der Waals surface area contributed by atoms with Crippen LogP contribution >= 0.6 is 0 Å². The van der Waals surface area contributed by atoms with Crippen molar-refractivity contribution >= 4 is 15.8 Å². The third kappa shape index (κ3) is 2.89. The summed E-state index contributed by atoms with van der Waals surface area (Å²) < 4.78 is 30.8. The van der Waals surface area contributed by atoms with Crippen LogP contribution in [0, 0.1) is 0 Å². The maximum atomic E-state index is 12.3. The van der Waals surface area contributed by atoms with Crippen molar-refractivity contribution in [3.8, 4) is 0 Å². The molecule has 0 saturated carbocycles. The third-order valence-electron chi connectivity index (χ3n) is 3.26. The number of H-pyrrole nitrogens is 1. The Labute approximate surface area is 111 Å². The van der Waals surface area contributed by atoms with Crippen LogP contribution in [-0.2, 0) is 14.8 Å². The molecule has 0 amide bonds. The number of rotatable bonds is 4. The quantitative estimate of drug-likeness (QED) is 0.664. The molecule has 108 valence electrons. The highest BCUT2D eigenvalue weighted by Gasteiger charge is 2.35. The summed E-state index contributed by atoms with van der Waals surface area (Å²) in [6, 6.07) is 0. The molecule has 0 atom stereocenters. The van der Waals surface area contributed by atoms with Crippen LogP contribution in [0.3, 0.4) is 0 Å². The summed E-state index contributed by atoms with van der Waals surface area (Å²) in [5.74, 6) is -0.00850. The first-order valence-electron chi connectivity index (χ1n) is 5.90. The van der Waals surface area contributed by atoms with Gasteiger partial charge in [0.25, 0.3) is 0 Å². The van der Waals surface area contributed by atoms with Crippen molar-refractivity contribution in [3.05, 3.63) is 6.20 Å². The number of ether oxygens (including phenoxy) is 1. The Morgan fingerprint density at radius 3 is 2.74 bits per heavy atom. The van der Waals surface area contributed by atoms with Crippen LogP contribution in [0.2, 0.25) is 0 Å². The highest BCUT2D eigenvalue weighted by molar-refractivity contribution is 7.89. The van der Waals surface area contributed by atoms with E-state index in [-0.39, 0.29) is 17.3 Å². The number of likely N-dealkylation sites (N-methyl/N-ethyl adjacent to an activating group) is 1. The van der Waals surface area contributed by atoms with Crippen LogP contribution in [0.5, 0.6) is 0 Å². The Bertz CT molecular complexity index is 535. The number of nitrogens with one attached hydrogen (secondary N) is 1. The number of hydrogen-bond donors (Lipinski definition) is 3. The predicted octanol–water partition coefficient (Wildman–Crippen LogP) is -0.846. The molecule has 1 aliphatic rings. The topological polar surface area (TPSA) is 122 Å². The lowest BCUT2D eigenvalue weighted by Gasteiger charge is -2.34. The lowest BCUT2D eigenvalue weighted by atomic mass is 9.95. The first kappa shape index (κ1) is 14.3. The Kier molecular flexibility index (Phi) is 3.81. The highest BCUT2D eigenvalue weighted by Crippen LogP contribution is 2.25. The summed E-state index contributed by atoms with van der Waals surface area (Å²) >= 11 is 0. The van der Waals surface area contributed by atoms with Gasteiger partial charge in [-0.25, -0.2) is 8.42 Å². The van der Waals surface area contributed by atoms with Gasteiger partial charge in [-0.3, -0.25) is 5.10 Å². The largest absolute Gasteiger partial charge is 0.388 e. The van der Waals surface area contributed by atoms with Gasteiger partial charge in [-0.2, -0.15) is 9.40 Å². The number of aromatic nitrogens is 2. The predicted molar refractivity (Wildman–Crippen MR) is 67.8 cm³/mol. The van der Waals surface area contributed by atoms with Crippen LogP contribution in [0.15, 0.2) is 11.1 Å². The first-order valence-corrected chi connectivity index (χ1v) is 7.34. The number of nitrogens with zero attached hydrogens (tertiary/aromatic N) is 2. The van der Waals surface area contributed by atoms with Gasteiger partial charge in [-0.15, -0.1) is 0 Å². The monoisotopic (exact) mass is 290 g/mol. The van der Waals surface area contributed by atoms with Crippen molar-refractivity contribution < 1.29 is 18.3 Å². The molecule has 2 heterocycles. The van der Waals surface area contributed by atoms with Crippen molar-refractivity contribution in [2.75, 3.05) is 32.5 Å². The van der Waals surface area contributed by atoms with Gasteiger partial charge in [0.15, 0.2) is 0 Å². The van der Waals surface area contributed by atoms with Crippen molar-refractivity contribution in [3.63, 3.8) is 0 Å². The molecule has 0 bridgehead atoms. The normalized spacial score (nSPS) is 19.7. The molecule has 0 spiro atoms. The molecule has 19 heavy (non-hydrogen) atoms. The van der Waals surface area contributed by atoms with Crippen LogP contribution in [0.4, 0.5) is 5.82 Å². The molecule has 1 aliphatic heterocycles. The summed E-state index contributed by atoms with van der Waals surface area (Å²) in [5, 5.41) is 16.3. The zero-order valence-electron chi connectivity index (χ0n) is 10.7. The van der Waals surface area contributed by atoms with E-state index < -0.39 is 15.6 Å². The summed E-state index contributed by atoms with van der Waals surface area (Å²) in [6.07, 6.45) is 1.98. The number of aromatic amines is 1. The number of hydrogen-bond acceptors (Lipinski definition) is 6. The van der Waals surface area contributed by atoms with E-state index in [9.17, 15) is 13.5 Å². The van der Waals surface area contributed by atoms with E-state index in [0.29, 0.717) is 26.1 Å². The zero-order chi connectivity index (χ0) is 14.1. The molecule has 2 rings (SSSR count). The lowest BCUT2D eigenvalue weighted by Crippen LogP contribution is -2.47. The van der Waals surface area contributed by atoms with Gasteiger partial charge in [-0.1, -0.05) is 0 Å². The van der Waals surface area contributed by atoms with Gasteiger partial charge in [0.05, 0.1) is 11.8 Å². The van der Waals surface area contributed by atoms with Crippen molar-refractivity contribution in [2.24, 2.45) is 0 Å². The standard InChI is InChI=1S/C10H18N4O4S/c1-14(7-10(15)2-4-18-5-3-10)19(16,17)8-6-12-13-9(8)11/h6,15H,2-5,7H2,1H3,(H3,11,12,13). The molecular formula is C10H18N4O4S. The lowest BCUT2D eigenvalue weighted by molar-refractivity contribution is -0.0689. The molecule has 0 aromatic carbocycles. The first-order chi connectivity index (χ1) is 8.85. The van der Waals surface area contributed by atoms with E-state index in [1.165, 1.54) is 7.05 Å². The summed E-state index contributed by atoms with van der Waals surface area (Å²) in [7, 11) is -2.34. The van der Waals surface area contributed by atoms with Crippen LogP contribution in [0.25, 0.3) is 0 Å². The fourth-order valence-electron chi connectivity index (χ4n) is 2.07. The third-order valence-corrected chi connectivity index (χ3v) is 5.09. The number of nitrogens with two attached hydrogens (primary N) is 1. The van der Waals surface area contributed by atoms with Gasteiger partial charge in [0.2, 0.25) is 10.0 Å². The molecule has 1 saturated heterocycles. The van der Waals surface area contributed by atoms with E-state index in [2.05, 4.69) is 10.2 Å². The minimum absolute atomic E-state index is 0.00329. The van der Waals surface area contributed by atoms with E-state index in [4.69, 9.17) is 10.5 Å². The average molecular weight is 290 g/mol. The molecule has 8 nitrogen and oxygen atoms in total. The van der Waals surface area contributed by atoms with Gasteiger partial charge in [-0.05, 0) is 0 Å². The molecule has 1 aromatic rings. The van der Waals surface area contributed by atoms with Gasteiger partial charge < -0.3 is 15.6 Å². The van der Waals surface area contributed by atoms with E-state index in [1.54, 1.807) is 0 Å². The molecule has 9 heteroatoms. The van der Waals surface area contributed by atoms with E-state index in [0.717, 1.165) is 10.5 Å². The SMILES string of the molecule is CN(CC1(O)CCOCC1)S(=O)(=O)c1cn[nH]c1N. The molecule has 0 radical (unpaired) electrons. The minimum atomic E-state index is -3.75. The second kappa shape index (κ2) is 5.08. The molecule has 1 aromatic heterocycles. The maximum Gasteiger partial charge on any atom is 0.248 e. The van der Waals surface area contributed by atoms with Crippen molar-refractivity contribution in [2.45, 2.75) is 23.3 Å². The Balaban J connectivity index is 2.15. The Morgan fingerprint density at radius 1 is 1.58 bits per heavy atom. The Hall–Kier alpha value is -1.16. The van der Waals surface area contributed by atoms with Crippen LogP contribution in [0.1, 0.15) is 12.8 Å². The van der Waals surface area contributed by atoms with Gasteiger partial charge >= 0.3 is 0 Å². The highest BCUT2D eigenvalue weighted by atomic mass is 32.2. The molecule has 0 unspecified atom stereocenters. The number of sulfonamides is 1. The van der Waals surface area contributed by atoms with Crippen molar-refractivity contribution in [1.82, 2.24) is 14.5 Å². The van der Waals surface area contributed by atoms with Crippen LogP contribution < -0.4 is 5.73 Å². The number of anilines is 1. The second-order valence-electron chi connectivity index (χ2n) is 4.75. The smallest absolute Gasteiger partial charge is 0.248 e. The van der Waals surface area contributed by atoms with Crippen molar-refractivity contribution in [1.29, 1.82) is 0 Å². The summed E-state index contributed by atoms with van der Waals surface area (Å²) in [6.45, 7) is 0.861. The van der Waals surface area contributed by atoms with Gasteiger partial charge in [0.1, 0.15) is 10.7 Å². The molecule has 4 N–H and O–H groups in total. The summed E-state index contributed by atoms with van der Waals surface area (Å²) in [4.78, 5) is -0.0781. The minimum Gasteiger partial charge on any atom is -0.388 e. The fraction of sp³-hybridized carbons (Fsp3) is 0.700. The Morgan fingerprint density at radius 2 is 2.21 bits per heavy atom. The van der Waals surface area contributed by atoms with E-state index in [1.807, 2.05) is 0 Å². The molecular weight excluding hydrogens is 272 g/mol.